The van der Waals surface area contributed by atoms with E-state index in [9.17, 15) is 22.4 Å². The lowest BCUT2D eigenvalue weighted by Crippen LogP contribution is -2.25. The van der Waals surface area contributed by atoms with Gasteiger partial charge in [-0.15, -0.1) is 13.2 Å². The van der Waals surface area contributed by atoms with Gasteiger partial charge in [-0.05, 0) is 24.3 Å². The van der Waals surface area contributed by atoms with Crippen molar-refractivity contribution in [3.05, 3.63) is 66.0 Å². The summed E-state index contributed by atoms with van der Waals surface area (Å²) in [4.78, 5) is 28.7. The maximum atomic E-state index is 13.8. The average Bonchev–Trinajstić information content (AvgIpc) is 2.74. The maximum Gasteiger partial charge on any atom is 0.574 e. The molecule has 0 spiro atoms. The monoisotopic (exact) mass is 438 g/mol. The SMILES string of the molecule is COc1ccc(F)c(CONC(=O)c2cncc(-c3ccc(OC(F)(F)F)nc3)n2)c1. The number of carbonyl (C=O) groups excluding carboxylic acids is 1. The van der Waals surface area contributed by atoms with Gasteiger partial charge in [0.25, 0.3) is 5.91 Å². The number of hydrogen-bond acceptors (Lipinski definition) is 7. The van der Waals surface area contributed by atoms with Crippen molar-refractivity contribution in [3.8, 4) is 22.9 Å². The first-order valence-corrected chi connectivity index (χ1v) is 8.54. The number of alkyl halides is 3. The van der Waals surface area contributed by atoms with E-state index >= 15 is 0 Å². The number of hydroxylamine groups is 1. The Morgan fingerprint density at radius 3 is 2.61 bits per heavy atom. The largest absolute Gasteiger partial charge is 0.574 e. The molecule has 2 heterocycles. The summed E-state index contributed by atoms with van der Waals surface area (Å²) in [5.74, 6) is -1.52. The molecule has 0 bridgehead atoms. The smallest absolute Gasteiger partial charge is 0.497 e. The Balaban J connectivity index is 1.64. The number of aromatic nitrogens is 3. The number of carbonyl (C=O) groups is 1. The van der Waals surface area contributed by atoms with Crippen LogP contribution in [0.15, 0.2) is 48.9 Å². The van der Waals surface area contributed by atoms with Gasteiger partial charge in [0.1, 0.15) is 23.9 Å². The van der Waals surface area contributed by atoms with Crippen molar-refractivity contribution in [2.45, 2.75) is 13.0 Å². The number of amides is 1. The summed E-state index contributed by atoms with van der Waals surface area (Å²) in [5.41, 5.74) is 2.62. The van der Waals surface area contributed by atoms with E-state index in [2.05, 4.69) is 25.2 Å². The Hall–Kier alpha value is -3.80. The van der Waals surface area contributed by atoms with Crippen LogP contribution in [0.25, 0.3) is 11.3 Å². The summed E-state index contributed by atoms with van der Waals surface area (Å²) in [6.45, 7) is -0.271. The van der Waals surface area contributed by atoms with Gasteiger partial charge in [0.05, 0.1) is 25.2 Å². The molecule has 12 heteroatoms. The van der Waals surface area contributed by atoms with Gasteiger partial charge in [-0.3, -0.25) is 14.6 Å². The first kappa shape index (κ1) is 21.9. The summed E-state index contributed by atoms with van der Waals surface area (Å²) in [6.07, 6.45) is -1.32. The first-order chi connectivity index (χ1) is 14.7. The minimum Gasteiger partial charge on any atom is -0.497 e. The molecule has 3 rings (SSSR count). The molecule has 0 aliphatic carbocycles. The Kier molecular flexibility index (Phi) is 6.60. The van der Waals surface area contributed by atoms with Crippen molar-refractivity contribution in [3.63, 3.8) is 0 Å². The molecule has 2 aromatic heterocycles. The van der Waals surface area contributed by atoms with Crippen molar-refractivity contribution in [1.82, 2.24) is 20.4 Å². The van der Waals surface area contributed by atoms with Crippen LogP contribution in [0.5, 0.6) is 11.6 Å². The van der Waals surface area contributed by atoms with Crippen molar-refractivity contribution >= 4 is 5.91 Å². The summed E-state index contributed by atoms with van der Waals surface area (Å²) in [5, 5.41) is 0. The molecule has 0 fully saturated rings. The van der Waals surface area contributed by atoms with Crippen molar-refractivity contribution in [2.75, 3.05) is 7.11 Å². The average molecular weight is 438 g/mol. The quantitative estimate of drug-likeness (QED) is 0.446. The highest BCUT2D eigenvalue weighted by atomic mass is 19.4. The molecule has 0 aliphatic rings. The van der Waals surface area contributed by atoms with Crippen LogP contribution < -0.4 is 15.0 Å². The van der Waals surface area contributed by atoms with Crippen LogP contribution in [0.1, 0.15) is 16.1 Å². The first-order valence-electron chi connectivity index (χ1n) is 8.54. The number of hydrogen-bond donors (Lipinski definition) is 1. The number of benzene rings is 1. The van der Waals surface area contributed by atoms with Crippen LogP contribution in [0.3, 0.4) is 0 Å². The van der Waals surface area contributed by atoms with E-state index < -0.39 is 24.0 Å². The summed E-state index contributed by atoms with van der Waals surface area (Å²) in [7, 11) is 1.43. The predicted molar refractivity (Wildman–Crippen MR) is 97.2 cm³/mol. The van der Waals surface area contributed by atoms with Crippen LogP contribution >= 0.6 is 0 Å². The number of ether oxygens (including phenoxy) is 2. The van der Waals surface area contributed by atoms with Gasteiger partial charge in [0.2, 0.25) is 5.88 Å². The molecule has 8 nitrogen and oxygen atoms in total. The van der Waals surface area contributed by atoms with Crippen LogP contribution in [0, 0.1) is 5.82 Å². The summed E-state index contributed by atoms with van der Waals surface area (Å²) in [6, 6.07) is 6.34. The highest BCUT2D eigenvalue weighted by molar-refractivity contribution is 5.91. The Morgan fingerprint density at radius 2 is 1.94 bits per heavy atom. The maximum absolute atomic E-state index is 13.8. The number of nitrogens with one attached hydrogen (secondary N) is 1. The lowest BCUT2D eigenvalue weighted by molar-refractivity contribution is -0.276. The van der Waals surface area contributed by atoms with E-state index in [0.29, 0.717) is 11.3 Å². The predicted octanol–water partition coefficient (Wildman–Crippen LogP) is 3.45. The van der Waals surface area contributed by atoms with E-state index in [1.54, 1.807) is 0 Å². The van der Waals surface area contributed by atoms with Gasteiger partial charge in [0, 0.05) is 23.4 Å². The van der Waals surface area contributed by atoms with Crippen molar-refractivity contribution in [2.24, 2.45) is 0 Å². The highest BCUT2D eigenvalue weighted by Gasteiger charge is 2.31. The number of pyridine rings is 1. The third kappa shape index (κ3) is 6.09. The van der Waals surface area contributed by atoms with Crippen molar-refractivity contribution in [1.29, 1.82) is 0 Å². The minimum absolute atomic E-state index is 0.140. The van der Waals surface area contributed by atoms with E-state index in [4.69, 9.17) is 9.57 Å². The summed E-state index contributed by atoms with van der Waals surface area (Å²) >= 11 is 0. The normalized spacial score (nSPS) is 11.1. The molecule has 0 radical (unpaired) electrons. The Morgan fingerprint density at radius 1 is 1.13 bits per heavy atom. The lowest BCUT2D eigenvalue weighted by Gasteiger charge is -2.09. The fraction of sp³-hybridized carbons (Fsp3) is 0.158. The van der Waals surface area contributed by atoms with Crippen LogP contribution in [-0.4, -0.2) is 34.3 Å². The zero-order valence-corrected chi connectivity index (χ0v) is 15.8. The van der Waals surface area contributed by atoms with Crippen molar-refractivity contribution < 1.29 is 36.7 Å². The number of halogens is 4. The van der Waals surface area contributed by atoms with Gasteiger partial charge >= 0.3 is 6.36 Å². The Labute approximate surface area is 172 Å². The molecule has 0 unspecified atom stereocenters. The molecule has 1 amide bonds. The molecular weight excluding hydrogens is 424 g/mol. The zero-order valence-electron chi connectivity index (χ0n) is 15.8. The third-order valence-electron chi connectivity index (χ3n) is 3.77. The topological polar surface area (TPSA) is 95.5 Å². The van der Waals surface area contributed by atoms with Crippen LogP contribution in [0.4, 0.5) is 17.6 Å². The molecule has 0 aliphatic heterocycles. The third-order valence-corrected chi connectivity index (χ3v) is 3.77. The molecular formula is C19H14F4N4O4. The molecule has 0 saturated carbocycles. The van der Waals surface area contributed by atoms with E-state index in [0.717, 1.165) is 18.5 Å². The molecule has 31 heavy (non-hydrogen) atoms. The van der Waals surface area contributed by atoms with E-state index in [1.807, 2.05) is 0 Å². The number of methoxy groups -OCH3 is 1. The summed E-state index contributed by atoms with van der Waals surface area (Å²) < 4.78 is 59.1. The fourth-order valence-corrected chi connectivity index (χ4v) is 2.35. The van der Waals surface area contributed by atoms with Crippen LogP contribution in [-0.2, 0) is 11.4 Å². The van der Waals surface area contributed by atoms with E-state index in [1.165, 1.54) is 37.6 Å². The second-order valence-electron chi connectivity index (χ2n) is 5.90. The zero-order chi connectivity index (χ0) is 22.4. The van der Waals surface area contributed by atoms with E-state index in [-0.39, 0.29) is 23.6 Å². The highest BCUT2D eigenvalue weighted by Crippen LogP contribution is 2.23. The Bertz CT molecular complexity index is 1060. The molecule has 1 aromatic carbocycles. The molecule has 3 aromatic rings. The fourth-order valence-electron chi connectivity index (χ4n) is 2.35. The second-order valence-corrected chi connectivity index (χ2v) is 5.90. The van der Waals surface area contributed by atoms with Gasteiger partial charge in [0.15, 0.2) is 0 Å². The molecule has 0 saturated heterocycles. The van der Waals surface area contributed by atoms with Gasteiger partial charge in [-0.1, -0.05) is 0 Å². The number of nitrogens with zero attached hydrogens (tertiary/aromatic N) is 3. The van der Waals surface area contributed by atoms with Crippen LogP contribution in [0.2, 0.25) is 0 Å². The second kappa shape index (κ2) is 9.34. The molecule has 162 valence electrons. The molecule has 1 N–H and O–H groups in total. The minimum atomic E-state index is -4.86. The number of rotatable bonds is 7. The standard InChI is InChI=1S/C19H14F4N4O4/c1-29-13-3-4-14(20)12(6-13)10-30-27-18(28)16-9-24-8-15(26-16)11-2-5-17(25-7-11)31-19(21,22)23/h2-9H,10H2,1H3,(H,27,28). The van der Waals surface area contributed by atoms with Gasteiger partial charge < -0.3 is 9.47 Å². The molecule has 0 atom stereocenters. The lowest BCUT2D eigenvalue weighted by atomic mass is 10.2. The van der Waals surface area contributed by atoms with Gasteiger partial charge in [-0.2, -0.15) is 0 Å². The van der Waals surface area contributed by atoms with Gasteiger partial charge in [-0.25, -0.2) is 19.8 Å².